The fourth-order valence-electron chi connectivity index (χ4n) is 4.36. The number of anilines is 1. The van der Waals surface area contributed by atoms with Crippen LogP contribution in [-0.2, 0) is 4.79 Å². The molecule has 0 aromatic heterocycles. The molecule has 1 unspecified atom stereocenters. The molecule has 3 aromatic rings. The highest BCUT2D eigenvalue weighted by Crippen LogP contribution is 2.37. The number of rotatable bonds is 6. The monoisotopic (exact) mass is 500 g/mol. The lowest BCUT2D eigenvalue weighted by Crippen LogP contribution is -2.55. The molecule has 4 rings (SSSR count). The predicted molar refractivity (Wildman–Crippen MR) is 145 cm³/mol. The Bertz CT molecular complexity index is 1280. The number of hydrogen-bond donors (Lipinski definition) is 1. The van der Waals surface area contributed by atoms with Gasteiger partial charge in [0.1, 0.15) is 11.9 Å². The number of benzene rings is 3. The van der Waals surface area contributed by atoms with Gasteiger partial charge in [0.25, 0.3) is 5.91 Å². The number of para-hydroxylation sites is 1. The van der Waals surface area contributed by atoms with Gasteiger partial charge < -0.3 is 10.2 Å². The third kappa shape index (κ3) is 5.88. The third-order valence-corrected chi connectivity index (χ3v) is 6.03. The number of nitrogens with one attached hydrogen (secondary N) is 1. The van der Waals surface area contributed by atoms with Crippen molar-refractivity contribution in [2.75, 3.05) is 11.4 Å². The van der Waals surface area contributed by atoms with Crippen molar-refractivity contribution in [3.63, 3.8) is 0 Å². The summed E-state index contributed by atoms with van der Waals surface area (Å²) in [5.74, 6) is -0.560. The Kier molecular flexibility index (Phi) is 7.71. The molecule has 1 N–H and O–H groups in total. The average Bonchev–Trinajstić information content (AvgIpc) is 2.87. The summed E-state index contributed by atoms with van der Waals surface area (Å²) in [6, 6.07) is 21.5. The molecule has 1 atom stereocenters. The molecule has 192 valence electrons. The summed E-state index contributed by atoms with van der Waals surface area (Å²) >= 11 is 0. The number of fused-ring (bicyclic) bond motifs is 1. The molecule has 0 radical (unpaired) electrons. The zero-order valence-corrected chi connectivity index (χ0v) is 21.7. The number of guanidine groups is 1. The van der Waals surface area contributed by atoms with Gasteiger partial charge in [0.2, 0.25) is 11.9 Å². The number of nitrogens with zero attached hydrogens (tertiary/aromatic N) is 3. The van der Waals surface area contributed by atoms with E-state index in [-0.39, 0.29) is 11.8 Å². The van der Waals surface area contributed by atoms with Crippen LogP contribution in [0.3, 0.4) is 0 Å². The maximum Gasteiger partial charge on any atom is 0.265 e. The zero-order chi connectivity index (χ0) is 26.6. The normalized spacial score (nSPS) is 15.0. The largest absolute Gasteiger partial charge is 0.349 e. The zero-order valence-electron chi connectivity index (χ0n) is 21.7. The lowest BCUT2D eigenvalue weighted by molar-refractivity contribution is -0.126. The molecule has 0 spiro atoms. The summed E-state index contributed by atoms with van der Waals surface area (Å²) in [6.45, 7) is 8.40. The second-order valence-electron chi connectivity index (χ2n) is 10.1. The first-order valence-electron chi connectivity index (χ1n) is 12.6. The maximum absolute atomic E-state index is 14.0. The Morgan fingerprint density at radius 1 is 0.973 bits per heavy atom. The van der Waals surface area contributed by atoms with Crippen LogP contribution in [0.4, 0.5) is 15.8 Å². The molecule has 6 nitrogen and oxygen atoms in total. The van der Waals surface area contributed by atoms with E-state index in [9.17, 15) is 14.0 Å². The van der Waals surface area contributed by atoms with E-state index in [1.54, 1.807) is 36.4 Å². The molecule has 0 aliphatic carbocycles. The quantitative estimate of drug-likeness (QED) is 0.436. The van der Waals surface area contributed by atoms with Crippen molar-refractivity contribution in [3.05, 3.63) is 95.8 Å². The highest BCUT2D eigenvalue weighted by atomic mass is 19.1. The fraction of sp³-hybridized carbons (Fsp3) is 0.300. The molecule has 37 heavy (non-hydrogen) atoms. The Morgan fingerprint density at radius 2 is 1.62 bits per heavy atom. The molecule has 1 aliphatic heterocycles. The number of aliphatic imine (C=N–C) groups is 1. The number of hydrogen-bond acceptors (Lipinski definition) is 4. The van der Waals surface area contributed by atoms with E-state index in [2.05, 4.69) is 12.2 Å². The van der Waals surface area contributed by atoms with Crippen LogP contribution in [0.2, 0.25) is 0 Å². The number of carbonyl (C=O) groups is 2. The van der Waals surface area contributed by atoms with Crippen molar-refractivity contribution in [1.29, 1.82) is 0 Å². The van der Waals surface area contributed by atoms with E-state index in [0.717, 1.165) is 18.4 Å². The molecule has 0 fully saturated rings. The average molecular weight is 501 g/mol. The summed E-state index contributed by atoms with van der Waals surface area (Å²) < 4.78 is 13.9. The van der Waals surface area contributed by atoms with Crippen molar-refractivity contribution in [2.24, 2.45) is 4.99 Å². The van der Waals surface area contributed by atoms with Crippen LogP contribution >= 0.6 is 0 Å². The van der Waals surface area contributed by atoms with Crippen molar-refractivity contribution in [3.8, 4) is 0 Å². The van der Waals surface area contributed by atoms with Crippen molar-refractivity contribution in [2.45, 2.75) is 52.1 Å². The number of halogens is 1. The first-order valence-corrected chi connectivity index (χ1v) is 12.6. The maximum atomic E-state index is 14.0. The van der Waals surface area contributed by atoms with Crippen molar-refractivity contribution in [1.82, 2.24) is 10.2 Å². The standard InChI is InChI=1S/C30H33FN4O2/c1-5-6-20-34-26(27(36)33-30(2,3)4)24-14-10-11-15-25(24)32-29(34)35(23-18-16-22(31)17-19-23)28(37)21-12-8-7-9-13-21/h7-19,26H,5-6,20H2,1-4H3,(H,33,36). The Hall–Kier alpha value is -4.00. The molecular weight excluding hydrogens is 467 g/mol. The summed E-state index contributed by atoms with van der Waals surface area (Å²) in [7, 11) is 0. The van der Waals surface area contributed by atoms with Gasteiger partial charge in [-0.2, -0.15) is 0 Å². The van der Waals surface area contributed by atoms with Gasteiger partial charge in [-0.15, -0.1) is 0 Å². The summed E-state index contributed by atoms with van der Waals surface area (Å²) in [5, 5.41) is 3.12. The van der Waals surface area contributed by atoms with E-state index < -0.39 is 17.4 Å². The Labute approximate surface area is 217 Å². The minimum absolute atomic E-state index is 0.172. The molecule has 7 heteroatoms. The van der Waals surface area contributed by atoms with E-state index >= 15 is 0 Å². The lowest BCUT2D eigenvalue weighted by atomic mass is 9.98. The van der Waals surface area contributed by atoms with Crippen LogP contribution in [0.1, 0.15) is 62.5 Å². The fourth-order valence-corrected chi connectivity index (χ4v) is 4.36. The van der Waals surface area contributed by atoms with Gasteiger partial charge in [0.15, 0.2) is 0 Å². The lowest BCUT2D eigenvalue weighted by Gasteiger charge is -2.41. The van der Waals surface area contributed by atoms with E-state index in [1.807, 2.05) is 56.0 Å². The minimum atomic E-state index is -0.694. The summed E-state index contributed by atoms with van der Waals surface area (Å²) in [4.78, 5) is 36.1. The molecular formula is C30H33FN4O2. The van der Waals surface area contributed by atoms with Crippen molar-refractivity contribution >= 4 is 29.1 Å². The number of unbranched alkanes of at least 4 members (excludes halogenated alkanes) is 1. The first-order chi connectivity index (χ1) is 17.7. The second-order valence-corrected chi connectivity index (χ2v) is 10.1. The number of carbonyl (C=O) groups excluding carboxylic acids is 2. The Balaban J connectivity index is 1.92. The van der Waals surface area contributed by atoms with E-state index in [4.69, 9.17) is 4.99 Å². The van der Waals surface area contributed by atoms with E-state index in [1.165, 1.54) is 17.0 Å². The molecule has 0 saturated heterocycles. The predicted octanol–water partition coefficient (Wildman–Crippen LogP) is 6.23. The highest BCUT2D eigenvalue weighted by molar-refractivity contribution is 6.23. The topological polar surface area (TPSA) is 65.0 Å². The van der Waals surface area contributed by atoms with Crippen LogP contribution < -0.4 is 10.2 Å². The minimum Gasteiger partial charge on any atom is -0.349 e. The van der Waals surface area contributed by atoms with Gasteiger partial charge >= 0.3 is 0 Å². The summed E-state index contributed by atoms with van der Waals surface area (Å²) in [6.07, 6.45) is 1.68. The van der Waals surface area contributed by atoms with Crippen LogP contribution in [-0.4, -0.2) is 34.8 Å². The second kappa shape index (κ2) is 10.9. The molecule has 1 heterocycles. The van der Waals surface area contributed by atoms with Gasteiger partial charge in [-0.3, -0.25) is 9.59 Å². The van der Waals surface area contributed by atoms with E-state index in [0.29, 0.717) is 29.4 Å². The molecule has 3 aromatic carbocycles. The van der Waals surface area contributed by atoms with Gasteiger partial charge in [0, 0.05) is 23.2 Å². The Morgan fingerprint density at radius 3 is 2.27 bits per heavy atom. The first kappa shape index (κ1) is 26.1. The number of amides is 2. The van der Waals surface area contributed by atoms with Gasteiger partial charge in [-0.1, -0.05) is 49.7 Å². The smallest absolute Gasteiger partial charge is 0.265 e. The molecule has 0 bridgehead atoms. The molecule has 1 aliphatic rings. The van der Waals surface area contributed by atoms with Crippen LogP contribution in [0.25, 0.3) is 0 Å². The van der Waals surface area contributed by atoms with Crippen LogP contribution in [0.5, 0.6) is 0 Å². The van der Waals surface area contributed by atoms with Crippen molar-refractivity contribution < 1.29 is 14.0 Å². The summed E-state index contributed by atoms with van der Waals surface area (Å²) in [5.41, 5.74) is 1.86. The van der Waals surface area contributed by atoms with Crippen LogP contribution in [0.15, 0.2) is 83.9 Å². The molecule has 2 amide bonds. The third-order valence-electron chi connectivity index (χ3n) is 6.03. The molecule has 0 saturated carbocycles. The van der Waals surface area contributed by atoms with Gasteiger partial charge in [-0.05, 0) is 69.7 Å². The SMILES string of the molecule is CCCCN1C(N(C(=O)c2ccccc2)c2ccc(F)cc2)=Nc2ccccc2C1C(=O)NC(C)(C)C. The van der Waals surface area contributed by atoms with Crippen LogP contribution in [0, 0.1) is 5.82 Å². The van der Waals surface area contributed by atoms with Gasteiger partial charge in [0.05, 0.1) is 11.4 Å². The highest BCUT2D eigenvalue weighted by Gasteiger charge is 2.40. The van der Waals surface area contributed by atoms with Gasteiger partial charge in [-0.25, -0.2) is 14.3 Å².